The lowest BCUT2D eigenvalue weighted by Crippen LogP contribution is -2.24. The number of ether oxygens (including phenoxy) is 3. The zero-order chi connectivity index (χ0) is 19.1. The van der Waals surface area contributed by atoms with Crippen LogP contribution in [0.25, 0.3) is 0 Å². The smallest absolute Gasteiger partial charge is 0.344 e. The second kappa shape index (κ2) is 9.31. The van der Waals surface area contributed by atoms with E-state index in [4.69, 9.17) is 37.4 Å². The molecule has 2 aromatic rings. The second-order valence-corrected chi connectivity index (χ2v) is 6.12. The van der Waals surface area contributed by atoms with Crippen LogP contribution in [-0.2, 0) is 14.3 Å². The number of halogens is 2. The number of aryl methyl sites for hydroxylation is 1. The highest BCUT2D eigenvalue weighted by Crippen LogP contribution is 2.27. The minimum atomic E-state index is -0.706. The van der Waals surface area contributed by atoms with E-state index >= 15 is 0 Å². The Labute approximate surface area is 160 Å². The zero-order valence-corrected chi connectivity index (χ0v) is 15.7. The molecule has 138 valence electrons. The van der Waals surface area contributed by atoms with Gasteiger partial charge in [0.25, 0.3) is 5.91 Å². The molecule has 0 aromatic heterocycles. The van der Waals surface area contributed by atoms with Gasteiger partial charge in [-0.25, -0.2) is 4.79 Å². The number of carbonyl (C=O) groups excluding carboxylic acids is 2. The van der Waals surface area contributed by atoms with Crippen molar-refractivity contribution in [3.63, 3.8) is 0 Å². The fourth-order valence-corrected chi connectivity index (χ4v) is 2.49. The normalized spacial score (nSPS) is 10.2. The number of benzene rings is 2. The molecule has 0 saturated heterocycles. The van der Waals surface area contributed by atoms with Gasteiger partial charge in [-0.1, -0.05) is 29.3 Å². The average Bonchev–Trinajstić information content (AvgIpc) is 2.59. The molecule has 0 bridgehead atoms. The summed E-state index contributed by atoms with van der Waals surface area (Å²) in [4.78, 5) is 23.6. The topological polar surface area (TPSA) is 73.9 Å². The number of anilines is 1. The van der Waals surface area contributed by atoms with E-state index in [1.165, 1.54) is 19.2 Å². The van der Waals surface area contributed by atoms with E-state index in [0.717, 1.165) is 5.56 Å². The van der Waals surface area contributed by atoms with Crippen molar-refractivity contribution in [2.24, 2.45) is 0 Å². The third-order valence-electron chi connectivity index (χ3n) is 3.23. The Morgan fingerprint density at radius 2 is 1.77 bits per heavy atom. The van der Waals surface area contributed by atoms with Crippen molar-refractivity contribution in [3.05, 3.63) is 52.0 Å². The Kier molecular flexibility index (Phi) is 7.12. The van der Waals surface area contributed by atoms with Crippen LogP contribution in [0.4, 0.5) is 5.69 Å². The molecule has 26 heavy (non-hydrogen) atoms. The highest BCUT2D eigenvalue weighted by Gasteiger charge is 2.12. The van der Waals surface area contributed by atoms with Gasteiger partial charge in [0.1, 0.15) is 11.5 Å². The van der Waals surface area contributed by atoms with Gasteiger partial charge in [-0.05, 0) is 42.8 Å². The summed E-state index contributed by atoms with van der Waals surface area (Å²) >= 11 is 11.7. The van der Waals surface area contributed by atoms with Gasteiger partial charge in [0.15, 0.2) is 13.2 Å². The van der Waals surface area contributed by atoms with Crippen LogP contribution in [0.2, 0.25) is 10.0 Å². The molecule has 0 radical (unpaired) electrons. The summed E-state index contributed by atoms with van der Waals surface area (Å²) in [6.07, 6.45) is 0. The lowest BCUT2D eigenvalue weighted by molar-refractivity contribution is -0.149. The summed E-state index contributed by atoms with van der Waals surface area (Å²) in [5.74, 6) is -0.396. The SMILES string of the molecule is COc1ccc(C)cc1NC(=O)COC(=O)COc1ccc(Cl)cc1Cl. The van der Waals surface area contributed by atoms with Gasteiger partial charge >= 0.3 is 5.97 Å². The number of hydrogen-bond acceptors (Lipinski definition) is 5. The predicted octanol–water partition coefficient (Wildman–Crippen LogP) is 3.87. The maximum absolute atomic E-state index is 11.9. The maximum atomic E-state index is 11.9. The molecule has 0 aliphatic carbocycles. The highest BCUT2D eigenvalue weighted by molar-refractivity contribution is 6.35. The summed E-state index contributed by atoms with van der Waals surface area (Å²) in [7, 11) is 1.50. The molecule has 6 nitrogen and oxygen atoms in total. The number of nitrogens with one attached hydrogen (secondary N) is 1. The molecule has 0 unspecified atom stereocenters. The van der Waals surface area contributed by atoms with Crippen LogP contribution in [0.5, 0.6) is 11.5 Å². The largest absolute Gasteiger partial charge is 0.495 e. The molecule has 0 spiro atoms. The number of rotatable bonds is 7. The first-order chi connectivity index (χ1) is 12.4. The molecule has 2 rings (SSSR count). The fourth-order valence-electron chi connectivity index (χ4n) is 2.02. The molecule has 0 aliphatic heterocycles. The molecule has 0 saturated carbocycles. The molecule has 0 aliphatic rings. The van der Waals surface area contributed by atoms with Crippen molar-refractivity contribution in [3.8, 4) is 11.5 Å². The lowest BCUT2D eigenvalue weighted by atomic mass is 10.2. The van der Waals surface area contributed by atoms with Gasteiger partial charge in [0, 0.05) is 5.02 Å². The van der Waals surface area contributed by atoms with Gasteiger partial charge in [-0.15, -0.1) is 0 Å². The summed E-state index contributed by atoms with van der Waals surface area (Å²) < 4.78 is 15.3. The van der Waals surface area contributed by atoms with E-state index in [0.29, 0.717) is 22.2 Å². The molecule has 1 N–H and O–H groups in total. The van der Waals surface area contributed by atoms with Crippen molar-refractivity contribution in [1.82, 2.24) is 0 Å². The Bertz CT molecular complexity index is 810. The van der Waals surface area contributed by atoms with E-state index in [-0.39, 0.29) is 11.6 Å². The monoisotopic (exact) mass is 397 g/mol. The predicted molar refractivity (Wildman–Crippen MR) is 99.3 cm³/mol. The van der Waals surface area contributed by atoms with E-state index in [9.17, 15) is 9.59 Å². The van der Waals surface area contributed by atoms with Gasteiger partial charge in [0.05, 0.1) is 17.8 Å². The molecule has 0 fully saturated rings. The average molecular weight is 398 g/mol. The summed E-state index contributed by atoms with van der Waals surface area (Å²) in [6, 6.07) is 9.95. The van der Waals surface area contributed by atoms with E-state index in [2.05, 4.69) is 5.32 Å². The number of amides is 1. The van der Waals surface area contributed by atoms with Crippen LogP contribution in [0.15, 0.2) is 36.4 Å². The molecular formula is C18H17Cl2NO5. The van der Waals surface area contributed by atoms with E-state index < -0.39 is 18.5 Å². The van der Waals surface area contributed by atoms with Crippen LogP contribution in [0.1, 0.15) is 5.56 Å². The Morgan fingerprint density at radius 3 is 2.46 bits per heavy atom. The lowest BCUT2D eigenvalue weighted by Gasteiger charge is -2.11. The maximum Gasteiger partial charge on any atom is 0.344 e. The first-order valence-electron chi connectivity index (χ1n) is 7.57. The molecule has 8 heteroatoms. The molecule has 0 atom stereocenters. The molecule has 0 heterocycles. The van der Waals surface area contributed by atoms with Crippen LogP contribution in [0.3, 0.4) is 0 Å². The number of methoxy groups -OCH3 is 1. The van der Waals surface area contributed by atoms with Crippen LogP contribution < -0.4 is 14.8 Å². The fraction of sp³-hybridized carbons (Fsp3) is 0.222. The summed E-state index contributed by atoms with van der Waals surface area (Å²) in [5.41, 5.74) is 1.45. The van der Waals surface area contributed by atoms with Crippen molar-refractivity contribution >= 4 is 40.8 Å². The van der Waals surface area contributed by atoms with Gasteiger partial charge < -0.3 is 19.5 Å². The van der Waals surface area contributed by atoms with Gasteiger partial charge in [-0.2, -0.15) is 0 Å². The number of hydrogen-bond donors (Lipinski definition) is 1. The second-order valence-electron chi connectivity index (χ2n) is 5.28. The van der Waals surface area contributed by atoms with Crippen molar-refractivity contribution < 1.29 is 23.8 Å². The Balaban J connectivity index is 1.81. The van der Waals surface area contributed by atoms with Crippen LogP contribution >= 0.6 is 23.2 Å². The minimum Gasteiger partial charge on any atom is -0.495 e. The number of carbonyl (C=O) groups is 2. The van der Waals surface area contributed by atoms with Crippen LogP contribution in [0, 0.1) is 6.92 Å². The minimum absolute atomic E-state index is 0.273. The quantitative estimate of drug-likeness (QED) is 0.717. The molecule has 2 aromatic carbocycles. The van der Waals surface area contributed by atoms with Crippen LogP contribution in [-0.4, -0.2) is 32.2 Å². The van der Waals surface area contributed by atoms with Gasteiger partial charge in [0.2, 0.25) is 0 Å². The Hall–Kier alpha value is -2.44. The van der Waals surface area contributed by atoms with Crippen molar-refractivity contribution in [2.75, 3.05) is 25.6 Å². The summed E-state index contributed by atoms with van der Waals surface area (Å²) in [6.45, 7) is 1.05. The molecular weight excluding hydrogens is 381 g/mol. The standard InChI is InChI=1S/C18H17Cl2NO5/c1-11-3-5-16(24-2)14(7-11)21-17(22)9-26-18(23)10-25-15-6-4-12(19)8-13(15)20/h3-8H,9-10H2,1-2H3,(H,21,22). The zero-order valence-electron chi connectivity index (χ0n) is 14.2. The number of esters is 1. The van der Waals surface area contributed by atoms with E-state index in [1.54, 1.807) is 18.2 Å². The van der Waals surface area contributed by atoms with Crippen molar-refractivity contribution in [1.29, 1.82) is 0 Å². The third kappa shape index (κ3) is 5.82. The van der Waals surface area contributed by atoms with Gasteiger partial charge in [-0.3, -0.25) is 4.79 Å². The van der Waals surface area contributed by atoms with Crippen molar-refractivity contribution in [2.45, 2.75) is 6.92 Å². The first kappa shape index (κ1) is 19.9. The third-order valence-corrected chi connectivity index (χ3v) is 3.76. The summed E-state index contributed by atoms with van der Waals surface area (Å²) in [5, 5.41) is 3.35. The first-order valence-corrected chi connectivity index (χ1v) is 8.32. The van der Waals surface area contributed by atoms with E-state index in [1.807, 2.05) is 13.0 Å². The highest BCUT2D eigenvalue weighted by atomic mass is 35.5. The molecule has 1 amide bonds. The Morgan fingerprint density at radius 1 is 1.04 bits per heavy atom.